The first kappa shape index (κ1) is 14.5. The second kappa shape index (κ2) is 7.00. The lowest BCUT2D eigenvalue weighted by Gasteiger charge is -2.21. The van der Waals surface area contributed by atoms with E-state index in [0.29, 0.717) is 10.1 Å². The number of pyridine rings is 1. The quantitative estimate of drug-likeness (QED) is 0.921. The van der Waals surface area contributed by atoms with Crippen LogP contribution in [0.4, 0.5) is 5.69 Å². The van der Waals surface area contributed by atoms with Gasteiger partial charge in [-0.3, -0.25) is 9.78 Å². The maximum atomic E-state index is 12.2. The average molecular weight is 316 g/mol. The van der Waals surface area contributed by atoms with E-state index in [1.54, 1.807) is 24.5 Å². The van der Waals surface area contributed by atoms with Gasteiger partial charge in [0.1, 0.15) is 0 Å². The Bertz CT molecular complexity index is 595. The Morgan fingerprint density at radius 1 is 1.05 bits per heavy atom. The van der Waals surface area contributed by atoms with E-state index in [2.05, 4.69) is 22.4 Å². The van der Waals surface area contributed by atoms with E-state index < -0.39 is 0 Å². The summed E-state index contributed by atoms with van der Waals surface area (Å²) in [5.74, 6) is 2.36. The largest absolute Gasteiger partial charge is 0.322 e. The number of benzene rings is 1. The highest BCUT2D eigenvalue weighted by Gasteiger charge is 2.16. The number of nitrogens with zero attached hydrogens (tertiary/aromatic N) is 1. The van der Waals surface area contributed by atoms with Crippen molar-refractivity contribution in [1.29, 1.82) is 0 Å². The van der Waals surface area contributed by atoms with E-state index in [1.807, 2.05) is 35.7 Å². The summed E-state index contributed by atoms with van der Waals surface area (Å²) in [6.07, 6.45) is 4.62. The molecular formula is C16H16N2OS2. The molecule has 1 saturated heterocycles. The zero-order valence-electron chi connectivity index (χ0n) is 11.5. The van der Waals surface area contributed by atoms with Crippen molar-refractivity contribution in [2.75, 3.05) is 16.8 Å². The van der Waals surface area contributed by atoms with Crippen LogP contribution in [0.25, 0.3) is 0 Å². The van der Waals surface area contributed by atoms with Gasteiger partial charge in [0.25, 0.3) is 5.91 Å². The highest BCUT2D eigenvalue weighted by atomic mass is 32.2. The molecule has 0 saturated carbocycles. The van der Waals surface area contributed by atoms with Crippen molar-refractivity contribution in [2.45, 2.75) is 11.0 Å². The number of aromatic nitrogens is 1. The molecule has 1 aromatic heterocycles. The number of amides is 1. The third-order valence-electron chi connectivity index (χ3n) is 3.21. The molecule has 1 fully saturated rings. The van der Waals surface area contributed by atoms with Gasteiger partial charge in [-0.15, -0.1) is 23.5 Å². The van der Waals surface area contributed by atoms with E-state index >= 15 is 0 Å². The van der Waals surface area contributed by atoms with E-state index in [-0.39, 0.29) is 5.91 Å². The van der Waals surface area contributed by atoms with Crippen molar-refractivity contribution in [3.05, 3.63) is 59.9 Å². The number of anilines is 1. The van der Waals surface area contributed by atoms with Gasteiger partial charge in [-0.2, -0.15) is 0 Å². The van der Waals surface area contributed by atoms with Crippen LogP contribution in [0.15, 0.2) is 48.8 Å². The van der Waals surface area contributed by atoms with Crippen LogP contribution in [0, 0.1) is 0 Å². The van der Waals surface area contributed by atoms with E-state index in [4.69, 9.17) is 0 Å². The Morgan fingerprint density at radius 3 is 2.38 bits per heavy atom. The highest BCUT2D eigenvalue weighted by molar-refractivity contribution is 8.16. The molecule has 0 atom stereocenters. The molecule has 1 N–H and O–H groups in total. The summed E-state index contributed by atoms with van der Waals surface area (Å²) in [6.45, 7) is 0. The first-order chi connectivity index (χ1) is 10.3. The molecule has 0 spiro atoms. The number of hydrogen-bond acceptors (Lipinski definition) is 4. The molecule has 3 rings (SSSR count). The first-order valence-corrected chi connectivity index (χ1v) is 8.97. The van der Waals surface area contributed by atoms with Gasteiger partial charge in [0.2, 0.25) is 0 Å². The SMILES string of the molecule is O=C(Nc1ccncc1)c1ccc(C2SCCCS2)cc1. The minimum Gasteiger partial charge on any atom is -0.322 e. The summed E-state index contributed by atoms with van der Waals surface area (Å²) < 4.78 is 0.510. The van der Waals surface area contributed by atoms with Crippen LogP contribution in [-0.2, 0) is 0 Å². The number of carbonyl (C=O) groups excluding carboxylic acids is 1. The molecule has 2 heterocycles. The van der Waals surface area contributed by atoms with Crippen molar-refractivity contribution < 1.29 is 4.79 Å². The predicted molar refractivity (Wildman–Crippen MR) is 90.9 cm³/mol. The summed E-state index contributed by atoms with van der Waals surface area (Å²) in [7, 11) is 0. The van der Waals surface area contributed by atoms with Crippen LogP contribution in [0.1, 0.15) is 26.9 Å². The monoisotopic (exact) mass is 316 g/mol. The van der Waals surface area contributed by atoms with Crippen LogP contribution in [0.3, 0.4) is 0 Å². The number of thioether (sulfide) groups is 2. The predicted octanol–water partition coefficient (Wildman–Crippen LogP) is 4.20. The van der Waals surface area contributed by atoms with Gasteiger partial charge in [-0.25, -0.2) is 0 Å². The van der Waals surface area contributed by atoms with E-state index in [0.717, 1.165) is 5.69 Å². The lowest BCUT2D eigenvalue weighted by atomic mass is 10.1. The standard InChI is InChI=1S/C16H16N2OS2/c19-15(18-14-6-8-17-9-7-14)12-2-4-13(5-3-12)16-20-10-1-11-21-16/h2-9,16H,1,10-11H2,(H,17,18,19). The maximum Gasteiger partial charge on any atom is 0.255 e. The Labute approximate surface area is 132 Å². The smallest absolute Gasteiger partial charge is 0.255 e. The minimum atomic E-state index is -0.0864. The van der Waals surface area contributed by atoms with Gasteiger partial charge in [0.15, 0.2) is 0 Å². The van der Waals surface area contributed by atoms with E-state index in [9.17, 15) is 4.79 Å². The Hall–Kier alpha value is -1.46. The lowest BCUT2D eigenvalue weighted by Crippen LogP contribution is -2.12. The zero-order valence-corrected chi connectivity index (χ0v) is 13.1. The molecule has 0 radical (unpaired) electrons. The number of carbonyl (C=O) groups is 1. The maximum absolute atomic E-state index is 12.2. The second-order valence-electron chi connectivity index (χ2n) is 4.74. The first-order valence-electron chi connectivity index (χ1n) is 6.87. The van der Waals surface area contributed by atoms with Crippen LogP contribution >= 0.6 is 23.5 Å². The lowest BCUT2D eigenvalue weighted by molar-refractivity contribution is 0.102. The van der Waals surface area contributed by atoms with Crippen molar-refractivity contribution in [1.82, 2.24) is 4.98 Å². The normalized spacial score (nSPS) is 15.6. The topological polar surface area (TPSA) is 42.0 Å². The van der Waals surface area contributed by atoms with Crippen LogP contribution < -0.4 is 5.32 Å². The molecule has 1 aliphatic rings. The number of rotatable bonds is 3. The molecule has 1 aromatic carbocycles. The molecule has 0 aliphatic carbocycles. The molecule has 1 amide bonds. The van der Waals surface area contributed by atoms with Crippen molar-refractivity contribution in [2.24, 2.45) is 0 Å². The van der Waals surface area contributed by atoms with Crippen LogP contribution in [-0.4, -0.2) is 22.4 Å². The molecule has 2 aromatic rings. The summed E-state index contributed by atoms with van der Waals surface area (Å²) in [6, 6.07) is 11.5. The van der Waals surface area contributed by atoms with Crippen molar-refractivity contribution in [3.8, 4) is 0 Å². The molecule has 1 aliphatic heterocycles. The molecule has 0 bridgehead atoms. The molecular weight excluding hydrogens is 300 g/mol. The average Bonchev–Trinajstić information content (AvgIpc) is 2.57. The second-order valence-corrected chi connectivity index (χ2v) is 7.46. The summed E-state index contributed by atoms with van der Waals surface area (Å²) in [4.78, 5) is 16.1. The zero-order chi connectivity index (χ0) is 14.5. The third-order valence-corrected chi connectivity index (χ3v) is 6.23. The Morgan fingerprint density at radius 2 is 1.71 bits per heavy atom. The Balaban J connectivity index is 1.67. The fraction of sp³-hybridized carbons (Fsp3) is 0.250. The molecule has 5 heteroatoms. The van der Waals surface area contributed by atoms with Gasteiger partial charge in [-0.1, -0.05) is 12.1 Å². The van der Waals surface area contributed by atoms with Gasteiger partial charge < -0.3 is 5.32 Å². The highest BCUT2D eigenvalue weighted by Crippen LogP contribution is 2.43. The molecule has 3 nitrogen and oxygen atoms in total. The van der Waals surface area contributed by atoms with Crippen molar-refractivity contribution >= 4 is 35.1 Å². The van der Waals surface area contributed by atoms with Crippen LogP contribution in [0.5, 0.6) is 0 Å². The fourth-order valence-corrected chi connectivity index (χ4v) is 5.00. The van der Waals surface area contributed by atoms with E-state index in [1.165, 1.54) is 23.5 Å². The Kier molecular flexibility index (Phi) is 4.83. The third kappa shape index (κ3) is 3.80. The van der Waals surface area contributed by atoms with Gasteiger partial charge in [-0.05, 0) is 47.8 Å². The van der Waals surface area contributed by atoms with Gasteiger partial charge in [0.05, 0.1) is 4.58 Å². The molecule has 21 heavy (non-hydrogen) atoms. The van der Waals surface area contributed by atoms with Crippen molar-refractivity contribution in [3.63, 3.8) is 0 Å². The van der Waals surface area contributed by atoms with Crippen LogP contribution in [0.2, 0.25) is 0 Å². The number of nitrogens with one attached hydrogen (secondary N) is 1. The molecule has 108 valence electrons. The van der Waals surface area contributed by atoms with Gasteiger partial charge >= 0.3 is 0 Å². The summed E-state index contributed by atoms with van der Waals surface area (Å²) in [5.41, 5.74) is 2.74. The molecule has 0 unspecified atom stereocenters. The van der Waals surface area contributed by atoms with Gasteiger partial charge in [0, 0.05) is 23.6 Å². The number of hydrogen-bond donors (Lipinski definition) is 1. The minimum absolute atomic E-state index is 0.0864. The summed E-state index contributed by atoms with van der Waals surface area (Å²) >= 11 is 3.98. The summed E-state index contributed by atoms with van der Waals surface area (Å²) in [5, 5.41) is 2.87. The fourth-order valence-electron chi connectivity index (χ4n) is 2.11.